The van der Waals surface area contributed by atoms with Crippen LogP contribution in [0.25, 0.3) is 0 Å². The molecule has 106 valence electrons. The normalized spacial score (nSPS) is 10.1. The van der Waals surface area contributed by atoms with Crippen molar-refractivity contribution in [3.05, 3.63) is 40.6 Å². The van der Waals surface area contributed by atoms with Gasteiger partial charge in [-0.15, -0.1) is 11.3 Å². The summed E-state index contributed by atoms with van der Waals surface area (Å²) in [5.41, 5.74) is 0.657. The van der Waals surface area contributed by atoms with E-state index in [0.29, 0.717) is 23.6 Å². The van der Waals surface area contributed by atoms with E-state index in [2.05, 4.69) is 5.32 Å². The highest BCUT2D eigenvalue weighted by atomic mass is 32.1. The number of hydrogen-bond acceptors (Lipinski definition) is 4. The zero-order valence-electron chi connectivity index (χ0n) is 11.5. The van der Waals surface area contributed by atoms with E-state index >= 15 is 0 Å². The van der Waals surface area contributed by atoms with Gasteiger partial charge in [-0.25, -0.2) is 0 Å². The van der Waals surface area contributed by atoms with Gasteiger partial charge in [0.25, 0.3) is 0 Å². The average molecular weight is 291 g/mol. The number of nitrogens with one attached hydrogen (secondary N) is 1. The van der Waals surface area contributed by atoms with Gasteiger partial charge in [-0.05, 0) is 30.0 Å². The van der Waals surface area contributed by atoms with Gasteiger partial charge in [-0.2, -0.15) is 0 Å². The molecule has 20 heavy (non-hydrogen) atoms. The molecule has 1 heterocycles. The molecule has 2 rings (SSSR count). The molecular formula is C15H17NO3S. The SMILES string of the molecule is COc1ccc(NC(=O)CCc2cccs2)c(OC)c1. The van der Waals surface area contributed by atoms with Crippen molar-refractivity contribution in [2.45, 2.75) is 12.8 Å². The Morgan fingerprint density at radius 1 is 1.25 bits per heavy atom. The number of methoxy groups -OCH3 is 2. The van der Waals surface area contributed by atoms with Crippen molar-refractivity contribution in [1.29, 1.82) is 0 Å². The van der Waals surface area contributed by atoms with Crippen LogP contribution in [0.2, 0.25) is 0 Å². The third kappa shape index (κ3) is 3.74. The number of carbonyl (C=O) groups is 1. The van der Waals surface area contributed by atoms with Crippen molar-refractivity contribution >= 4 is 22.9 Å². The van der Waals surface area contributed by atoms with Gasteiger partial charge >= 0.3 is 0 Å². The van der Waals surface area contributed by atoms with E-state index in [0.717, 1.165) is 6.42 Å². The van der Waals surface area contributed by atoms with Gasteiger partial charge in [-0.3, -0.25) is 4.79 Å². The highest BCUT2D eigenvalue weighted by molar-refractivity contribution is 7.09. The summed E-state index contributed by atoms with van der Waals surface area (Å²) in [4.78, 5) is 13.1. The molecule has 1 aromatic carbocycles. The first-order valence-electron chi connectivity index (χ1n) is 6.27. The third-order valence-electron chi connectivity index (χ3n) is 2.86. The number of aryl methyl sites for hydroxylation is 1. The number of amides is 1. The number of hydrogen-bond donors (Lipinski definition) is 1. The van der Waals surface area contributed by atoms with Crippen LogP contribution in [-0.4, -0.2) is 20.1 Å². The molecule has 0 unspecified atom stereocenters. The van der Waals surface area contributed by atoms with E-state index in [9.17, 15) is 4.79 Å². The molecule has 2 aromatic rings. The Morgan fingerprint density at radius 2 is 2.10 bits per heavy atom. The fourth-order valence-electron chi connectivity index (χ4n) is 1.81. The molecule has 0 fully saturated rings. The summed E-state index contributed by atoms with van der Waals surface area (Å²) < 4.78 is 10.4. The predicted octanol–water partition coefficient (Wildman–Crippen LogP) is 3.34. The molecule has 1 aromatic heterocycles. The molecular weight excluding hydrogens is 274 g/mol. The molecule has 0 aliphatic heterocycles. The summed E-state index contributed by atoms with van der Waals surface area (Å²) in [6.45, 7) is 0. The van der Waals surface area contributed by atoms with Crippen LogP contribution in [0.3, 0.4) is 0 Å². The maximum absolute atomic E-state index is 11.9. The van der Waals surface area contributed by atoms with Gasteiger partial charge in [0, 0.05) is 17.4 Å². The predicted molar refractivity (Wildman–Crippen MR) is 80.8 cm³/mol. The number of thiophene rings is 1. The summed E-state index contributed by atoms with van der Waals surface area (Å²) in [6.07, 6.45) is 1.21. The summed E-state index contributed by atoms with van der Waals surface area (Å²) in [5, 5.41) is 4.87. The maximum Gasteiger partial charge on any atom is 0.224 e. The molecule has 4 nitrogen and oxygen atoms in total. The molecule has 1 N–H and O–H groups in total. The highest BCUT2D eigenvalue weighted by Crippen LogP contribution is 2.29. The maximum atomic E-state index is 11.9. The summed E-state index contributed by atoms with van der Waals surface area (Å²) >= 11 is 1.66. The molecule has 0 radical (unpaired) electrons. The third-order valence-corrected chi connectivity index (χ3v) is 3.80. The van der Waals surface area contributed by atoms with Crippen molar-refractivity contribution < 1.29 is 14.3 Å². The number of carbonyl (C=O) groups excluding carboxylic acids is 1. The van der Waals surface area contributed by atoms with Crippen molar-refractivity contribution in [3.63, 3.8) is 0 Å². The van der Waals surface area contributed by atoms with Crippen LogP contribution in [-0.2, 0) is 11.2 Å². The fraction of sp³-hybridized carbons (Fsp3) is 0.267. The largest absolute Gasteiger partial charge is 0.497 e. The lowest BCUT2D eigenvalue weighted by Gasteiger charge is -2.11. The Bertz CT molecular complexity index is 567. The minimum absolute atomic E-state index is 0.0260. The van der Waals surface area contributed by atoms with Crippen LogP contribution in [0.4, 0.5) is 5.69 Å². The Morgan fingerprint density at radius 3 is 2.75 bits per heavy atom. The smallest absolute Gasteiger partial charge is 0.224 e. The lowest BCUT2D eigenvalue weighted by molar-refractivity contribution is -0.116. The molecule has 0 aliphatic rings. The Hall–Kier alpha value is -2.01. The quantitative estimate of drug-likeness (QED) is 0.888. The van der Waals surface area contributed by atoms with E-state index < -0.39 is 0 Å². The second kappa shape index (κ2) is 6.96. The van der Waals surface area contributed by atoms with Gasteiger partial charge in [0.15, 0.2) is 0 Å². The second-order valence-electron chi connectivity index (χ2n) is 4.19. The van der Waals surface area contributed by atoms with Gasteiger partial charge in [0.05, 0.1) is 19.9 Å². The number of rotatable bonds is 6. The first kappa shape index (κ1) is 14.4. The fourth-order valence-corrected chi connectivity index (χ4v) is 2.52. The molecule has 0 bridgehead atoms. The highest BCUT2D eigenvalue weighted by Gasteiger charge is 2.09. The summed E-state index contributed by atoms with van der Waals surface area (Å²) in [7, 11) is 3.16. The first-order valence-corrected chi connectivity index (χ1v) is 7.15. The van der Waals surface area contributed by atoms with Crippen molar-refractivity contribution in [1.82, 2.24) is 0 Å². The van der Waals surface area contributed by atoms with Crippen LogP contribution in [0.1, 0.15) is 11.3 Å². The summed E-state index contributed by atoms with van der Waals surface area (Å²) in [6, 6.07) is 9.34. The summed E-state index contributed by atoms with van der Waals surface area (Å²) in [5.74, 6) is 1.26. The van der Waals surface area contributed by atoms with E-state index in [1.54, 1.807) is 43.8 Å². The van der Waals surface area contributed by atoms with Crippen LogP contribution in [0, 0.1) is 0 Å². The van der Waals surface area contributed by atoms with Gasteiger partial charge in [0.2, 0.25) is 5.91 Å². The molecule has 0 aliphatic carbocycles. The van der Waals surface area contributed by atoms with E-state index in [1.807, 2.05) is 17.5 Å². The van der Waals surface area contributed by atoms with Crippen molar-refractivity contribution in [2.24, 2.45) is 0 Å². The Labute approximate surface area is 122 Å². The number of ether oxygens (including phenoxy) is 2. The molecule has 0 saturated heterocycles. The molecule has 0 atom stereocenters. The standard InChI is InChI=1S/C15H17NO3S/c1-18-11-5-7-13(14(10-11)19-2)16-15(17)8-6-12-4-3-9-20-12/h3-5,7,9-10H,6,8H2,1-2H3,(H,16,17). The van der Waals surface area contributed by atoms with Crippen molar-refractivity contribution in [2.75, 3.05) is 19.5 Å². The first-order chi connectivity index (χ1) is 9.72. The minimum Gasteiger partial charge on any atom is -0.497 e. The number of benzene rings is 1. The van der Waals surface area contributed by atoms with E-state index in [4.69, 9.17) is 9.47 Å². The lowest BCUT2D eigenvalue weighted by Crippen LogP contribution is -2.12. The van der Waals surface area contributed by atoms with Gasteiger partial charge < -0.3 is 14.8 Å². The zero-order valence-corrected chi connectivity index (χ0v) is 12.3. The minimum atomic E-state index is -0.0260. The van der Waals surface area contributed by atoms with E-state index in [-0.39, 0.29) is 5.91 Å². The van der Waals surface area contributed by atoms with Crippen LogP contribution in [0.15, 0.2) is 35.7 Å². The van der Waals surface area contributed by atoms with Crippen LogP contribution >= 0.6 is 11.3 Å². The van der Waals surface area contributed by atoms with Gasteiger partial charge in [-0.1, -0.05) is 6.07 Å². The lowest BCUT2D eigenvalue weighted by atomic mass is 10.2. The van der Waals surface area contributed by atoms with Crippen LogP contribution in [0.5, 0.6) is 11.5 Å². The van der Waals surface area contributed by atoms with E-state index in [1.165, 1.54) is 4.88 Å². The topological polar surface area (TPSA) is 47.6 Å². The van der Waals surface area contributed by atoms with Crippen LogP contribution < -0.4 is 14.8 Å². The Balaban J connectivity index is 1.96. The monoisotopic (exact) mass is 291 g/mol. The number of anilines is 1. The van der Waals surface area contributed by atoms with Crippen molar-refractivity contribution in [3.8, 4) is 11.5 Å². The Kier molecular flexibility index (Phi) is 5.01. The van der Waals surface area contributed by atoms with Gasteiger partial charge in [0.1, 0.15) is 11.5 Å². The zero-order chi connectivity index (χ0) is 14.4. The molecule has 5 heteroatoms. The second-order valence-corrected chi connectivity index (χ2v) is 5.23. The molecule has 0 spiro atoms. The average Bonchev–Trinajstić information content (AvgIpc) is 2.99. The molecule has 1 amide bonds. The molecule has 0 saturated carbocycles.